The zero-order valence-electron chi connectivity index (χ0n) is 9.75. The van der Waals surface area contributed by atoms with Crippen LogP contribution in [0.2, 0.25) is 0 Å². The molecule has 0 radical (unpaired) electrons. The van der Waals surface area contributed by atoms with Crippen molar-refractivity contribution in [3.8, 4) is 5.95 Å². The number of hydrogen-bond acceptors (Lipinski definition) is 5. The average molecular weight is 309 g/mol. The number of aromatic nitrogens is 5. The third kappa shape index (κ3) is 2.41. The molecule has 1 unspecified atom stereocenters. The van der Waals surface area contributed by atoms with E-state index in [2.05, 4.69) is 41.5 Å². The van der Waals surface area contributed by atoms with E-state index in [0.717, 1.165) is 23.1 Å². The molecule has 3 heterocycles. The summed E-state index contributed by atoms with van der Waals surface area (Å²) in [4.78, 5) is 8.38. The quantitative estimate of drug-likeness (QED) is 0.913. The number of rotatable bonds is 2. The van der Waals surface area contributed by atoms with Gasteiger partial charge in [-0.05, 0) is 35.3 Å². The first-order valence-electron chi connectivity index (χ1n) is 5.96. The lowest BCUT2D eigenvalue weighted by Gasteiger charge is -2.20. The van der Waals surface area contributed by atoms with Crippen LogP contribution in [0.1, 0.15) is 31.0 Å². The molecule has 0 aromatic carbocycles. The molecule has 1 N–H and O–H groups in total. The van der Waals surface area contributed by atoms with E-state index in [0.29, 0.717) is 12.0 Å². The molecule has 1 atom stereocenters. The Bertz CT molecular complexity index is 517. The van der Waals surface area contributed by atoms with Crippen LogP contribution in [-0.2, 0) is 0 Å². The van der Waals surface area contributed by atoms with Gasteiger partial charge in [0.2, 0.25) is 0 Å². The third-order valence-corrected chi connectivity index (χ3v) is 3.40. The summed E-state index contributed by atoms with van der Waals surface area (Å²) in [5.74, 6) is 0.535. The van der Waals surface area contributed by atoms with E-state index in [4.69, 9.17) is 0 Å². The van der Waals surface area contributed by atoms with Gasteiger partial charge in [-0.25, -0.2) is 9.97 Å². The number of nitrogens with zero attached hydrogens (tertiary/aromatic N) is 5. The smallest absolute Gasteiger partial charge is 0.251 e. The Balaban J connectivity index is 1.82. The van der Waals surface area contributed by atoms with Crippen LogP contribution in [0.4, 0.5) is 0 Å². The molecule has 2 aromatic heterocycles. The molecule has 0 spiro atoms. The predicted octanol–water partition coefficient (Wildman–Crippen LogP) is 1.63. The van der Waals surface area contributed by atoms with Crippen molar-refractivity contribution in [3.05, 3.63) is 28.8 Å². The molecule has 0 aliphatic carbocycles. The largest absolute Gasteiger partial charge is 0.309 e. The maximum absolute atomic E-state index is 4.20. The van der Waals surface area contributed by atoms with Crippen molar-refractivity contribution in [2.45, 2.75) is 25.3 Å². The minimum atomic E-state index is 0.308. The maximum Gasteiger partial charge on any atom is 0.251 e. The molecular formula is C11H13BrN6. The summed E-state index contributed by atoms with van der Waals surface area (Å²) in [5, 5.41) is 11.7. The first-order valence-corrected chi connectivity index (χ1v) is 6.76. The van der Waals surface area contributed by atoms with Gasteiger partial charge in [-0.2, -0.15) is 4.68 Å². The number of piperidine rings is 1. The molecule has 3 rings (SSSR count). The molecule has 2 aromatic rings. The number of nitrogens with one attached hydrogen (secondary N) is 1. The lowest BCUT2D eigenvalue weighted by molar-refractivity contribution is 0.405. The van der Waals surface area contributed by atoms with Gasteiger partial charge in [-0.1, -0.05) is 11.6 Å². The fourth-order valence-electron chi connectivity index (χ4n) is 2.06. The molecule has 94 valence electrons. The van der Waals surface area contributed by atoms with Crippen molar-refractivity contribution in [1.82, 2.24) is 30.3 Å². The van der Waals surface area contributed by atoms with Gasteiger partial charge in [0.15, 0.2) is 0 Å². The van der Waals surface area contributed by atoms with E-state index in [1.54, 1.807) is 17.1 Å². The van der Waals surface area contributed by atoms with Gasteiger partial charge in [0.1, 0.15) is 5.69 Å². The highest BCUT2D eigenvalue weighted by Gasteiger charge is 2.18. The Morgan fingerprint density at radius 2 is 2.11 bits per heavy atom. The van der Waals surface area contributed by atoms with Gasteiger partial charge >= 0.3 is 0 Å². The van der Waals surface area contributed by atoms with Gasteiger partial charge in [0.05, 0.1) is 16.7 Å². The van der Waals surface area contributed by atoms with E-state index in [9.17, 15) is 0 Å². The summed E-state index contributed by atoms with van der Waals surface area (Å²) < 4.78 is 2.46. The van der Waals surface area contributed by atoms with Crippen LogP contribution in [0, 0.1) is 0 Å². The zero-order chi connectivity index (χ0) is 12.4. The summed E-state index contributed by atoms with van der Waals surface area (Å²) in [7, 11) is 0. The molecule has 18 heavy (non-hydrogen) atoms. The molecule has 0 bridgehead atoms. The lowest BCUT2D eigenvalue weighted by Crippen LogP contribution is -2.27. The highest BCUT2D eigenvalue weighted by Crippen LogP contribution is 2.20. The molecule has 1 aliphatic rings. The third-order valence-electron chi connectivity index (χ3n) is 2.99. The predicted molar refractivity (Wildman–Crippen MR) is 69.2 cm³/mol. The highest BCUT2D eigenvalue weighted by atomic mass is 79.9. The summed E-state index contributed by atoms with van der Waals surface area (Å²) in [6.45, 7) is 1.05. The Hall–Kier alpha value is -1.34. The molecule has 6 nitrogen and oxygen atoms in total. The molecular weight excluding hydrogens is 296 g/mol. The summed E-state index contributed by atoms with van der Waals surface area (Å²) in [6, 6.07) is 0.308. The van der Waals surface area contributed by atoms with Crippen LogP contribution in [0.5, 0.6) is 0 Å². The van der Waals surface area contributed by atoms with Crippen LogP contribution >= 0.6 is 15.9 Å². The summed E-state index contributed by atoms with van der Waals surface area (Å²) in [5.41, 5.74) is 0.959. The monoisotopic (exact) mass is 308 g/mol. The van der Waals surface area contributed by atoms with Gasteiger partial charge in [-0.3, -0.25) is 0 Å². The van der Waals surface area contributed by atoms with Crippen molar-refractivity contribution in [2.75, 3.05) is 6.54 Å². The van der Waals surface area contributed by atoms with Gasteiger partial charge in [0, 0.05) is 12.4 Å². The second kappa shape index (κ2) is 5.11. The van der Waals surface area contributed by atoms with Crippen molar-refractivity contribution < 1.29 is 0 Å². The molecule has 1 saturated heterocycles. The Kier molecular flexibility index (Phi) is 3.33. The fraction of sp³-hybridized carbons (Fsp3) is 0.455. The van der Waals surface area contributed by atoms with Gasteiger partial charge in [0.25, 0.3) is 5.95 Å². The topological polar surface area (TPSA) is 68.5 Å². The van der Waals surface area contributed by atoms with Gasteiger partial charge < -0.3 is 5.32 Å². The number of halogens is 1. The minimum Gasteiger partial charge on any atom is -0.309 e. The van der Waals surface area contributed by atoms with Gasteiger partial charge in [-0.15, -0.1) is 5.10 Å². The lowest BCUT2D eigenvalue weighted by atomic mass is 10.0. The molecule has 0 amide bonds. The second-order valence-corrected chi connectivity index (χ2v) is 5.21. The Morgan fingerprint density at radius 3 is 2.83 bits per heavy atom. The molecule has 7 heteroatoms. The van der Waals surface area contributed by atoms with Crippen LogP contribution < -0.4 is 5.32 Å². The first-order chi connectivity index (χ1) is 8.83. The maximum atomic E-state index is 4.20. The van der Waals surface area contributed by atoms with E-state index < -0.39 is 0 Å². The summed E-state index contributed by atoms with van der Waals surface area (Å²) >= 11 is 3.31. The van der Waals surface area contributed by atoms with Crippen molar-refractivity contribution >= 4 is 15.9 Å². The number of hydrogen-bond donors (Lipinski definition) is 1. The minimum absolute atomic E-state index is 0.308. The Morgan fingerprint density at radius 1 is 1.28 bits per heavy atom. The van der Waals surface area contributed by atoms with Crippen LogP contribution in [0.15, 0.2) is 23.1 Å². The van der Waals surface area contributed by atoms with Crippen LogP contribution in [0.3, 0.4) is 0 Å². The Labute approximate surface area is 113 Å². The van der Waals surface area contributed by atoms with Crippen molar-refractivity contribution in [3.63, 3.8) is 0 Å². The van der Waals surface area contributed by atoms with E-state index in [1.807, 2.05) is 6.20 Å². The SMILES string of the molecule is Brc1cnc(-n2cc(C3CCCCN3)nn2)nc1. The fourth-order valence-corrected chi connectivity index (χ4v) is 2.27. The molecule has 1 fully saturated rings. The summed E-state index contributed by atoms with van der Waals surface area (Å²) in [6.07, 6.45) is 8.87. The highest BCUT2D eigenvalue weighted by molar-refractivity contribution is 9.10. The van der Waals surface area contributed by atoms with E-state index in [-0.39, 0.29) is 0 Å². The van der Waals surface area contributed by atoms with E-state index in [1.165, 1.54) is 12.8 Å². The van der Waals surface area contributed by atoms with Crippen LogP contribution in [0.25, 0.3) is 5.95 Å². The van der Waals surface area contributed by atoms with Crippen LogP contribution in [-0.4, -0.2) is 31.5 Å². The van der Waals surface area contributed by atoms with E-state index >= 15 is 0 Å². The normalized spacial score (nSPS) is 19.9. The molecule has 1 aliphatic heterocycles. The van der Waals surface area contributed by atoms with Crippen molar-refractivity contribution in [2.24, 2.45) is 0 Å². The standard InChI is InChI=1S/C11H13BrN6/c12-8-5-14-11(15-6-8)18-7-10(16-17-18)9-3-1-2-4-13-9/h5-7,9,13H,1-4H2. The second-order valence-electron chi connectivity index (χ2n) is 4.29. The molecule has 0 saturated carbocycles. The zero-order valence-corrected chi connectivity index (χ0v) is 11.3. The average Bonchev–Trinajstić information content (AvgIpc) is 2.90. The van der Waals surface area contributed by atoms with Crippen molar-refractivity contribution in [1.29, 1.82) is 0 Å². The first kappa shape index (κ1) is 11.7.